The van der Waals surface area contributed by atoms with Crippen molar-refractivity contribution in [3.8, 4) is 0 Å². The molecule has 0 aromatic carbocycles. The Morgan fingerprint density at radius 1 is 1.10 bits per heavy atom. The fourth-order valence-corrected chi connectivity index (χ4v) is 2.83. The third-order valence-electron chi connectivity index (χ3n) is 3.38. The lowest BCUT2D eigenvalue weighted by Crippen LogP contribution is -2.57. The van der Waals surface area contributed by atoms with Crippen LogP contribution < -0.4 is 5.32 Å². The van der Waals surface area contributed by atoms with Gasteiger partial charge in [0.05, 0.1) is 0 Å². The van der Waals surface area contributed by atoms with Crippen LogP contribution in [0.4, 0.5) is 0 Å². The zero-order chi connectivity index (χ0) is 16.6. The third-order valence-corrected chi connectivity index (χ3v) is 3.38. The van der Waals surface area contributed by atoms with E-state index in [9.17, 15) is 0 Å². The first-order chi connectivity index (χ1) is 8.87. The summed E-state index contributed by atoms with van der Waals surface area (Å²) in [6, 6.07) is 0. The Bertz CT molecular complexity index is 245. The van der Waals surface area contributed by atoms with Crippen LogP contribution in [0.3, 0.4) is 0 Å². The molecule has 20 heavy (non-hydrogen) atoms. The van der Waals surface area contributed by atoms with E-state index >= 15 is 0 Å². The van der Waals surface area contributed by atoms with E-state index in [-0.39, 0.29) is 0 Å². The van der Waals surface area contributed by atoms with Crippen molar-refractivity contribution in [2.75, 3.05) is 0 Å². The monoisotopic (exact) mass is 283 g/mol. The Labute approximate surface area is 129 Å². The minimum atomic E-state index is 0.334. The molecule has 0 aliphatic carbocycles. The van der Waals surface area contributed by atoms with E-state index in [1.54, 1.807) is 0 Å². The van der Waals surface area contributed by atoms with Gasteiger partial charge in [0.2, 0.25) is 0 Å². The summed E-state index contributed by atoms with van der Waals surface area (Å²) in [7, 11) is 0. The topological polar surface area (TPSA) is 12.0 Å². The van der Waals surface area contributed by atoms with Crippen molar-refractivity contribution in [2.24, 2.45) is 11.8 Å². The lowest BCUT2D eigenvalue weighted by molar-refractivity contribution is 0.138. The molecule has 0 amide bonds. The lowest BCUT2D eigenvalue weighted by atomic mass is 9.77. The average Bonchev–Trinajstić information content (AvgIpc) is 2.12. The molecule has 0 spiro atoms. The summed E-state index contributed by atoms with van der Waals surface area (Å²) in [5.41, 5.74) is 1.93. The molecule has 1 heteroatoms. The molecule has 1 rings (SSSR count). The van der Waals surface area contributed by atoms with Crippen molar-refractivity contribution in [3.05, 3.63) is 12.2 Å². The fourth-order valence-electron chi connectivity index (χ4n) is 2.83. The van der Waals surface area contributed by atoms with Gasteiger partial charge in [-0.15, -0.1) is 0 Å². The fraction of sp³-hybridized carbons (Fsp3) is 0.895. The number of hydrogen-bond donors (Lipinski definition) is 1. The Morgan fingerprint density at radius 3 is 1.50 bits per heavy atom. The first kappa shape index (κ1) is 22.0. The molecular weight excluding hydrogens is 242 g/mol. The van der Waals surface area contributed by atoms with Crippen LogP contribution in [-0.4, -0.2) is 11.1 Å². The number of hydrogen-bond acceptors (Lipinski definition) is 1. The molecule has 1 saturated heterocycles. The van der Waals surface area contributed by atoms with E-state index in [2.05, 4.69) is 74.2 Å². The molecule has 1 nitrogen and oxygen atoms in total. The zero-order valence-electron chi connectivity index (χ0n) is 16.0. The minimum absolute atomic E-state index is 0.334. The van der Waals surface area contributed by atoms with Gasteiger partial charge in [0, 0.05) is 11.1 Å². The Morgan fingerprint density at radius 2 is 1.35 bits per heavy atom. The number of nitrogens with one attached hydrogen (secondary N) is 1. The van der Waals surface area contributed by atoms with Crippen molar-refractivity contribution < 1.29 is 0 Å². The van der Waals surface area contributed by atoms with Crippen LogP contribution in [0.5, 0.6) is 0 Å². The van der Waals surface area contributed by atoms with Gasteiger partial charge in [0.25, 0.3) is 0 Å². The van der Waals surface area contributed by atoms with Crippen LogP contribution in [0, 0.1) is 11.8 Å². The zero-order valence-corrected chi connectivity index (χ0v) is 16.0. The SMILES string of the molecule is C=C(C)C(C)C.CC1CC(C)(C)NC(C)(C)C1.CCC. The molecule has 0 atom stereocenters. The number of allylic oxidation sites excluding steroid dienone is 1. The molecule has 1 fully saturated rings. The largest absolute Gasteiger partial charge is 0.307 e. The van der Waals surface area contributed by atoms with Crippen molar-refractivity contribution in [1.29, 1.82) is 0 Å². The van der Waals surface area contributed by atoms with Crippen LogP contribution in [0.25, 0.3) is 0 Å². The highest BCUT2D eigenvalue weighted by Gasteiger charge is 2.35. The third kappa shape index (κ3) is 12.7. The van der Waals surface area contributed by atoms with Gasteiger partial charge in [-0.2, -0.15) is 0 Å². The van der Waals surface area contributed by atoms with E-state index < -0.39 is 0 Å². The van der Waals surface area contributed by atoms with E-state index in [1.165, 1.54) is 24.8 Å². The van der Waals surface area contributed by atoms with Gasteiger partial charge in [-0.1, -0.05) is 53.2 Å². The normalized spacial score (nSPS) is 20.4. The van der Waals surface area contributed by atoms with Crippen LogP contribution in [0.1, 0.15) is 88.5 Å². The summed E-state index contributed by atoms with van der Waals surface area (Å²) in [5, 5.41) is 3.66. The van der Waals surface area contributed by atoms with Crippen LogP contribution in [-0.2, 0) is 0 Å². The maximum absolute atomic E-state index is 3.75. The molecule has 1 aliphatic heterocycles. The quantitative estimate of drug-likeness (QED) is 0.565. The van der Waals surface area contributed by atoms with Crippen LogP contribution in [0.2, 0.25) is 0 Å². The summed E-state index contributed by atoms with van der Waals surface area (Å²) in [4.78, 5) is 0. The van der Waals surface area contributed by atoms with Crippen molar-refractivity contribution >= 4 is 0 Å². The molecule has 0 unspecified atom stereocenters. The number of piperidine rings is 1. The number of rotatable bonds is 1. The summed E-state index contributed by atoms with van der Waals surface area (Å²) >= 11 is 0. The van der Waals surface area contributed by atoms with Crippen molar-refractivity contribution in [2.45, 2.75) is 99.6 Å². The summed E-state index contributed by atoms with van der Waals surface area (Å²) in [6.45, 7) is 25.9. The Kier molecular flexibility index (Phi) is 10.6. The van der Waals surface area contributed by atoms with E-state index in [0.29, 0.717) is 17.0 Å². The van der Waals surface area contributed by atoms with Crippen molar-refractivity contribution in [3.63, 3.8) is 0 Å². The predicted octanol–water partition coefficient (Wildman–Crippen LogP) is 6.20. The molecule has 0 aromatic rings. The average molecular weight is 284 g/mol. The van der Waals surface area contributed by atoms with Gasteiger partial charge in [-0.25, -0.2) is 0 Å². The van der Waals surface area contributed by atoms with Gasteiger partial charge < -0.3 is 5.32 Å². The maximum Gasteiger partial charge on any atom is 0.0132 e. The van der Waals surface area contributed by atoms with Gasteiger partial charge in [-0.05, 0) is 59.3 Å². The standard InChI is InChI=1S/C10H21N.C6H12.C3H8/c1-8-6-9(2,3)11-10(4,5)7-8;1-5(2)6(3)4;1-3-2/h8,11H,6-7H2,1-5H3;6H,1H2,2-4H3;3H2,1-2H3. The smallest absolute Gasteiger partial charge is 0.0132 e. The Balaban J connectivity index is 0. The molecule has 0 bridgehead atoms. The van der Waals surface area contributed by atoms with Gasteiger partial charge in [-0.3, -0.25) is 0 Å². The minimum Gasteiger partial charge on any atom is -0.307 e. The highest BCUT2D eigenvalue weighted by Crippen LogP contribution is 2.31. The second-order valence-corrected chi connectivity index (χ2v) is 8.11. The molecule has 1 heterocycles. The summed E-state index contributed by atoms with van der Waals surface area (Å²) < 4.78 is 0. The molecule has 1 N–H and O–H groups in total. The molecule has 0 aromatic heterocycles. The van der Waals surface area contributed by atoms with Gasteiger partial charge in [0.15, 0.2) is 0 Å². The van der Waals surface area contributed by atoms with Gasteiger partial charge >= 0.3 is 0 Å². The van der Waals surface area contributed by atoms with E-state index in [4.69, 9.17) is 0 Å². The first-order valence-electron chi connectivity index (χ1n) is 8.31. The predicted molar refractivity (Wildman–Crippen MR) is 95.3 cm³/mol. The molecule has 122 valence electrons. The maximum atomic E-state index is 3.75. The molecule has 0 saturated carbocycles. The summed E-state index contributed by atoms with van der Waals surface area (Å²) in [5.74, 6) is 1.52. The van der Waals surface area contributed by atoms with Crippen LogP contribution >= 0.6 is 0 Å². The van der Waals surface area contributed by atoms with Gasteiger partial charge in [0.1, 0.15) is 0 Å². The van der Waals surface area contributed by atoms with E-state index in [0.717, 1.165) is 5.92 Å². The second-order valence-electron chi connectivity index (χ2n) is 8.11. The highest BCUT2D eigenvalue weighted by molar-refractivity contribution is 4.95. The molecular formula is C19H41N. The summed E-state index contributed by atoms with van der Waals surface area (Å²) in [6.07, 6.45) is 3.85. The molecule has 1 aliphatic rings. The van der Waals surface area contributed by atoms with Crippen molar-refractivity contribution in [1.82, 2.24) is 5.32 Å². The highest BCUT2D eigenvalue weighted by atomic mass is 15.0. The Hall–Kier alpha value is -0.300. The molecule has 0 radical (unpaired) electrons. The lowest BCUT2D eigenvalue weighted by Gasteiger charge is -2.45. The van der Waals surface area contributed by atoms with E-state index in [1.807, 2.05) is 6.92 Å². The first-order valence-corrected chi connectivity index (χ1v) is 8.31. The second kappa shape index (κ2) is 9.60. The van der Waals surface area contributed by atoms with Crippen LogP contribution in [0.15, 0.2) is 12.2 Å².